The van der Waals surface area contributed by atoms with E-state index in [4.69, 9.17) is 0 Å². The molecule has 0 saturated heterocycles. The largest absolute Gasteiger partial charge is 0.345 e. The summed E-state index contributed by atoms with van der Waals surface area (Å²) >= 11 is 0. The summed E-state index contributed by atoms with van der Waals surface area (Å²) in [5.74, 6) is -1.40. The zero-order valence-corrected chi connectivity index (χ0v) is 19.5. The van der Waals surface area contributed by atoms with Gasteiger partial charge in [-0.05, 0) is 36.1 Å². The Kier molecular flexibility index (Phi) is 9.64. The number of rotatable bonds is 12. The Morgan fingerprint density at radius 3 is 2.23 bits per heavy atom. The molecule has 0 aliphatic heterocycles. The molecule has 174 valence electrons. The fourth-order valence-corrected chi connectivity index (χ4v) is 3.61. The topological polar surface area (TPSA) is 133 Å². The molecule has 0 aliphatic carbocycles. The zero-order chi connectivity index (χ0) is 23.8. The van der Waals surface area contributed by atoms with Crippen LogP contribution in [-0.4, -0.2) is 55.6 Å². The number of hydrogen-bond donors (Lipinski definition) is 3. The first-order valence-electron chi connectivity index (χ1n) is 10.1. The first kappa shape index (κ1) is 26.6. The highest BCUT2D eigenvalue weighted by Gasteiger charge is 2.35. The predicted octanol–water partition coefficient (Wildman–Crippen LogP) is 2.43. The normalized spacial score (nSPS) is 13.7. The second-order valence-electron chi connectivity index (χ2n) is 8.69. The number of carbonyl (C=O) groups excluding carboxylic acids is 3. The summed E-state index contributed by atoms with van der Waals surface area (Å²) in [4.78, 5) is 36.9. The number of hydrogen-bond acceptors (Lipinski definition) is 6. The van der Waals surface area contributed by atoms with E-state index in [0.29, 0.717) is 22.7 Å². The highest BCUT2D eigenvalue weighted by molar-refractivity contribution is 7.92. The number of anilines is 1. The van der Waals surface area contributed by atoms with Crippen molar-refractivity contribution in [2.75, 3.05) is 17.5 Å². The van der Waals surface area contributed by atoms with Gasteiger partial charge in [0.2, 0.25) is 22.3 Å². The lowest BCUT2D eigenvalue weighted by atomic mass is 9.81. The maximum atomic E-state index is 13.2. The number of nitrogens with one attached hydrogen (secondary N) is 2. The van der Waals surface area contributed by atoms with E-state index in [-0.39, 0.29) is 18.7 Å². The van der Waals surface area contributed by atoms with Crippen LogP contribution in [0.3, 0.4) is 0 Å². The minimum absolute atomic E-state index is 0.160. The predicted molar refractivity (Wildman–Crippen MR) is 118 cm³/mol. The maximum Gasteiger partial charge on any atom is 0.233 e. The van der Waals surface area contributed by atoms with Gasteiger partial charge in [0.1, 0.15) is 0 Å². The summed E-state index contributed by atoms with van der Waals surface area (Å²) < 4.78 is 25.0. The Labute approximate surface area is 184 Å². The fourth-order valence-electron chi connectivity index (χ4n) is 3.04. The fraction of sp³-hybridized carbons (Fsp3) is 0.571. The molecule has 0 heterocycles. The standard InChI is InChI=1S/C21H33N3O6S/c1-6-7-8-16(13-24(28)14-25)20(27)22-19(21(2,3)4)18(26)15-9-11-17(12-10-15)23-31(5,29)30/h9-12,14,16,19,23,28H,6-8,13H2,1-5H3,(H,22,27). The molecule has 31 heavy (non-hydrogen) atoms. The quantitative estimate of drug-likeness (QED) is 0.192. The number of hydroxylamine groups is 2. The van der Waals surface area contributed by atoms with Crippen molar-refractivity contribution >= 4 is 33.8 Å². The van der Waals surface area contributed by atoms with Crippen molar-refractivity contribution in [3.05, 3.63) is 29.8 Å². The molecular weight excluding hydrogens is 422 g/mol. The molecule has 0 aliphatic rings. The van der Waals surface area contributed by atoms with Gasteiger partial charge in [0.25, 0.3) is 0 Å². The van der Waals surface area contributed by atoms with E-state index in [9.17, 15) is 28.0 Å². The Morgan fingerprint density at radius 2 is 1.77 bits per heavy atom. The number of nitrogens with zero attached hydrogens (tertiary/aromatic N) is 1. The van der Waals surface area contributed by atoms with Gasteiger partial charge in [-0.3, -0.25) is 24.3 Å². The molecule has 0 aromatic heterocycles. The average molecular weight is 456 g/mol. The van der Waals surface area contributed by atoms with Crippen LogP contribution < -0.4 is 10.0 Å². The highest BCUT2D eigenvalue weighted by atomic mass is 32.2. The molecule has 10 heteroatoms. The van der Waals surface area contributed by atoms with Crippen LogP contribution >= 0.6 is 0 Å². The smallest absolute Gasteiger partial charge is 0.233 e. The van der Waals surface area contributed by atoms with E-state index in [1.807, 2.05) is 27.7 Å². The number of sulfonamides is 1. The maximum absolute atomic E-state index is 13.2. The molecule has 0 spiro atoms. The van der Waals surface area contributed by atoms with Crippen LogP contribution in [0, 0.1) is 11.3 Å². The molecule has 2 unspecified atom stereocenters. The lowest BCUT2D eigenvalue weighted by Gasteiger charge is -2.32. The molecule has 2 atom stereocenters. The zero-order valence-electron chi connectivity index (χ0n) is 18.7. The van der Waals surface area contributed by atoms with Gasteiger partial charge in [0, 0.05) is 11.3 Å². The van der Waals surface area contributed by atoms with Crippen LogP contribution in [0.15, 0.2) is 24.3 Å². The molecule has 1 aromatic carbocycles. The third-order valence-electron chi connectivity index (χ3n) is 4.69. The molecule has 1 aromatic rings. The minimum Gasteiger partial charge on any atom is -0.345 e. The van der Waals surface area contributed by atoms with E-state index in [1.165, 1.54) is 24.3 Å². The number of carbonyl (C=O) groups is 3. The van der Waals surface area contributed by atoms with Crippen molar-refractivity contribution in [2.45, 2.75) is 53.0 Å². The second-order valence-corrected chi connectivity index (χ2v) is 10.4. The Morgan fingerprint density at radius 1 is 1.19 bits per heavy atom. The van der Waals surface area contributed by atoms with Crippen LogP contribution in [0.4, 0.5) is 5.69 Å². The third kappa shape index (κ3) is 9.06. The molecule has 0 saturated carbocycles. The SMILES string of the molecule is CCCCC(CN(O)C=O)C(=O)NC(C(=O)c1ccc(NS(C)(=O)=O)cc1)C(C)(C)C. The van der Waals surface area contributed by atoms with E-state index in [2.05, 4.69) is 10.0 Å². The van der Waals surface area contributed by atoms with Crippen LogP contribution in [-0.2, 0) is 19.6 Å². The van der Waals surface area contributed by atoms with Crippen molar-refractivity contribution in [1.29, 1.82) is 0 Å². The van der Waals surface area contributed by atoms with Crippen molar-refractivity contribution in [3.8, 4) is 0 Å². The van der Waals surface area contributed by atoms with Crippen molar-refractivity contribution in [2.24, 2.45) is 11.3 Å². The van der Waals surface area contributed by atoms with E-state index in [0.717, 1.165) is 19.1 Å². The van der Waals surface area contributed by atoms with Gasteiger partial charge in [-0.15, -0.1) is 0 Å². The van der Waals surface area contributed by atoms with Crippen LogP contribution in [0.5, 0.6) is 0 Å². The van der Waals surface area contributed by atoms with Gasteiger partial charge in [0.05, 0.1) is 24.8 Å². The van der Waals surface area contributed by atoms with Crippen molar-refractivity contribution < 1.29 is 28.0 Å². The second kappa shape index (κ2) is 11.2. The Hall–Kier alpha value is -2.46. The first-order chi connectivity index (χ1) is 14.3. The molecular formula is C21H33N3O6S. The van der Waals surface area contributed by atoms with Gasteiger partial charge in [0.15, 0.2) is 5.78 Å². The molecule has 3 N–H and O–H groups in total. The summed E-state index contributed by atoms with van der Waals surface area (Å²) in [7, 11) is -3.44. The number of unbranched alkanes of at least 4 members (excludes halogenated alkanes) is 1. The molecule has 0 bridgehead atoms. The van der Waals surface area contributed by atoms with Crippen LogP contribution in [0.1, 0.15) is 57.3 Å². The molecule has 0 fully saturated rings. The third-order valence-corrected chi connectivity index (χ3v) is 5.30. The molecule has 2 amide bonds. The van der Waals surface area contributed by atoms with Crippen LogP contribution in [0.25, 0.3) is 0 Å². The van der Waals surface area contributed by atoms with Crippen LogP contribution in [0.2, 0.25) is 0 Å². The number of benzene rings is 1. The average Bonchev–Trinajstić information content (AvgIpc) is 2.66. The van der Waals surface area contributed by atoms with Crippen molar-refractivity contribution in [1.82, 2.24) is 10.4 Å². The number of Topliss-reactive ketones (excluding diaryl/α,β-unsaturated/α-hetero) is 1. The monoisotopic (exact) mass is 455 g/mol. The van der Waals surface area contributed by atoms with Crippen molar-refractivity contribution in [3.63, 3.8) is 0 Å². The molecule has 0 radical (unpaired) electrons. The van der Waals surface area contributed by atoms with Gasteiger partial charge in [-0.25, -0.2) is 13.5 Å². The van der Waals surface area contributed by atoms with E-state index in [1.54, 1.807) is 0 Å². The van der Waals surface area contributed by atoms with E-state index < -0.39 is 33.3 Å². The summed E-state index contributed by atoms with van der Waals surface area (Å²) in [6.45, 7) is 7.27. The lowest BCUT2D eigenvalue weighted by molar-refractivity contribution is -0.154. The molecule has 1 rings (SSSR count). The Balaban J connectivity index is 3.07. The molecule has 9 nitrogen and oxygen atoms in total. The highest BCUT2D eigenvalue weighted by Crippen LogP contribution is 2.24. The lowest BCUT2D eigenvalue weighted by Crippen LogP contribution is -2.52. The van der Waals surface area contributed by atoms with Gasteiger partial charge >= 0.3 is 0 Å². The Bertz CT molecular complexity index is 862. The summed E-state index contributed by atoms with van der Waals surface area (Å²) in [5, 5.41) is 12.8. The van der Waals surface area contributed by atoms with E-state index >= 15 is 0 Å². The summed E-state index contributed by atoms with van der Waals surface area (Å²) in [6, 6.07) is 5.09. The number of amides is 2. The summed E-state index contributed by atoms with van der Waals surface area (Å²) in [5.41, 5.74) is 0.0305. The first-order valence-corrected chi connectivity index (χ1v) is 12.0. The van der Waals surface area contributed by atoms with Gasteiger partial charge in [-0.1, -0.05) is 40.5 Å². The summed E-state index contributed by atoms with van der Waals surface area (Å²) in [6.07, 6.45) is 3.30. The van der Waals surface area contributed by atoms with Gasteiger partial charge < -0.3 is 5.32 Å². The number of ketones is 1. The minimum atomic E-state index is -3.44. The van der Waals surface area contributed by atoms with Gasteiger partial charge in [-0.2, -0.15) is 0 Å².